The van der Waals surface area contributed by atoms with Gasteiger partial charge >= 0.3 is 5.97 Å². The van der Waals surface area contributed by atoms with Crippen molar-refractivity contribution in [1.29, 1.82) is 0 Å². The third kappa shape index (κ3) is 7.16. The Balaban J connectivity index is 1.66. The molecule has 0 aliphatic heterocycles. The van der Waals surface area contributed by atoms with E-state index in [1.54, 1.807) is 41.2 Å². The molecule has 182 valence electrons. The molecule has 34 heavy (non-hydrogen) atoms. The van der Waals surface area contributed by atoms with Gasteiger partial charge in [0.25, 0.3) is 10.1 Å². The predicted octanol–water partition coefficient (Wildman–Crippen LogP) is 4.08. The lowest BCUT2D eigenvalue weighted by atomic mass is 9.87. The SMILES string of the molecule is CC[C@](COc1ccc(C(=O)OCc2ccccc2)cc1)(OS(C)(=O)=O)C(C)Cn1cccn1. The minimum atomic E-state index is -3.74. The van der Waals surface area contributed by atoms with Gasteiger partial charge in [-0.05, 0) is 42.3 Å². The van der Waals surface area contributed by atoms with E-state index in [9.17, 15) is 13.2 Å². The van der Waals surface area contributed by atoms with Crippen molar-refractivity contribution in [3.63, 3.8) is 0 Å². The van der Waals surface area contributed by atoms with Crippen LogP contribution in [0.1, 0.15) is 36.2 Å². The number of esters is 1. The van der Waals surface area contributed by atoms with Crippen molar-refractivity contribution in [2.45, 2.75) is 39.0 Å². The first-order chi connectivity index (χ1) is 16.2. The van der Waals surface area contributed by atoms with Crippen LogP contribution in [0.2, 0.25) is 0 Å². The van der Waals surface area contributed by atoms with Crippen LogP contribution in [0, 0.1) is 5.92 Å². The second-order valence-corrected chi connectivity index (χ2v) is 9.78. The van der Waals surface area contributed by atoms with E-state index in [-0.39, 0.29) is 19.1 Å². The van der Waals surface area contributed by atoms with Crippen LogP contribution < -0.4 is 4.74 Å². The summed E-state index contributed by atoms with van der Waals surface area (Å²) >= 11 is 0. The Morgan fingerprint density at radius 3 is 2.38 bits per heavy atom. The Morgan fingerprint density at radius 2 is 1.79 bits per heavy atom. The average molecular weight is 487 g/mol. The number of carbonyl (C=O) groups is 1. The van der Waals surface area contributed by atoms with Gasteiger partial charge in [-0.1, -0.05) is 44.2 Å². The Hall–Kier alpha value is -3.17. The van der Waals surface area contributed by atoms with E-state index in [0.29, 0.717) is 24.3 Å². The molecule has 9 heteroatoms. The highest BCUT2D eigenvalue weighted by Gasteiger charge is 2.40. The number of hydrogen-bond donors (Lipinski definition) is 0. The van der Waals surface area contributed by atoms with Gasteiger partial charge in [0.2, 0.25) is 0 Å². The molecule has 2 aromatic carbocycles. The van der Waals surface area contributed by atoms with E-state index in [4.69, 9.17) is 13.7 Å². The summed E-state index contributed by atoms with van der Waals surface area (Å²) in [5, 5.41) is 4.21. The van der Waals surface area contributed by atoms with Crippen LogP contribution >= 0.6 is 0 Å². The molecule has 1 aromatic heterocycles. The quantitative estimate of drug-likeness (QED) is 0.281. The minimum Gasteiger partial charge on any atom is -0.491 e. The number of rotatable bonds is 12. The maximum Gasteiger partial charge on any atom is 0.338 e. The first-order valence-electron chi connectivity index (χ1n) is 11.0. The molecular weight excluding hydrogens is 456 g/mol. The summed E-state index contributed by atoms with van der Waals surface area (Å²) in [4.78, 5) is 12.3. The Morgan fingerprint density at radius 1 is 1.09 bits per heavy atom. The van der Waals surface area contributed by atoms with Crippen LogP contribution in [-0.4, -0.2) is 42.6 Å². The fourth-order valence-corrected chi connectivity index (χ4v) is 4.55. The molecule has 3 aromatic rings. The summed E-state index contributed by atoms with van der Waals surface area (Å²) in [7, 11) is -3.74. The van der Waals surface area contributed by atoms with E-state index in [1.165, 1.54) is 0 Å². The van der Waals surface area contributed by atoms with Gasteiger partial charge < -0.3 is 9.47 Å². The van der Waals surface area contributed by atoms with Gasteiger partial charge in [-0.25, -0.2) is 4.79 Å². The molecule has 0 saturated heterocycles. The zero-order chi connectivity index (χ0) is 24.6. The summed E-state index contributed by atoms with van der Waals surface area (Å²) in [6, 6.07) is 17.8. The van der Waals surface area contributed by atoms with Gasteiger partial charge in [-0.3, -0.25) is 8.86 Å². The number of carbonyl (C=O) groups excluding carboxylic acids is 1. The summed E-state index contributed by atoms with van der Waals surface area (Å²) in [5.41, 5.74) is 0.207. The van der Waals surface area contributed by atoms with Gasteiger partial charge in [0.1, 0.15) is 24.6 Å². The number of ether oxygens (including phenoxy) is 2. The van der Waals surface area contributed by atoms with E-state index in [2.05, 4.69) is 5.10 Å². The highest BCUT2D eigenvalue weighted by Crippen LogP contribution is 2.31. The van der Waals surface area contributed by atoms with Crippen LogP contribution in [0.15, 0.2) is 73.1 Å². The molecule has 8 nitrogen and oxygen atoms in total. The van der Waals surface area contributed by atoms with Gasteiger partial charge in [0.15, 0.2) is 0 Å². The highest BCUT2D eigenvalue weighted by molar-refractivity contribution is 7.86. The van der Waals surface area contributed by atoms with Gasteiger partial charge in [-0.15, -0.1) is 0 Å². The van der Waals surface area contributed by atoms with E-state index >= 15 is 0 Å². The average Bonchev–Trinajstić information content (AvgIpc) is 3.33. The predicted molar refractivity (Wildman–Crippen MR) is 128 cm³/mol. The molecule has 0 saturated carbocycles. The Labute approximate surface area is 200 Å². The van der Waals surface area contributed by atoms with Crippen molar-refractivity contribution in [3.05, 3.63) is 84.2 Å². The third-order valence-corrected chi connectivity index (χ3v) is 6.25. The second-order valence-electron chi connectivity index (χ2n) is 8.21. The molecule has 3 rings (SSSR count). The van der Waals surface area contributed by atoms with Crippen LogP contribution in [0.3, 0.4) is 0 Å². The number of nitrogens with zero attached hydrogens (tertiary/aromatic N) is 2. The van der Waals surface area contributed by atoms with Crippen molar-refractivity contribution in [1.82, 2.24) is 9.78 Å². The van der Waals surface area contributed by atoms with Crippen molar-refractivity contribution in [3.8, 4) is 5.75 Å². The lowest BCUT2D eigenvalue weighted by Crippen LogP contribution is -2.47. The van der Waals surface area contributed by atoms with Gasteiger partial charge in [0, 0.05) is 24.9 Å². The van der Waals surface area contributed by atoms with Crippen LogP contribution in [-0.2, 0) is 32.2 Å². The molecule has 0 spiro atoms. The lowest BCUT2D eigenvalue weighted by molar-refractivity contribution is -0.0291. The van der Waals surface area contributed by atoms with Crippen molar-refractivity contribution < 1.29 is 26.9 Å². The summed E-state index contributed by atoms with van der Waals surface area (Å²) in [6.07, 6.45) is 4.93. The lowest BCUT2D eigenvalue weighted by Gasteiger charge is -2.36. The van der Waals surface area contributed by atoms with Gasteiger partial charge in [0.05, 0.1) is 11.8 Å². The summed E-state index contributed by atoms with van der Waals surface area (Å²) in [5.74, 6) is -0.174. The molecule has 0 radical (unpaired) electrons. The first-order valence-corrected chi connectivity index (χ1v) is 12.8. The van der Waals surface area contributed by atoms with Crippen LogP contribution in [0.25, 0.3) is 0 Å². The highest BCUT2D eigenvalue weighted by atomic mass is 32.2. The molecular formula is C25H30N2O6S. The fraction of sp³-hybridized carbons (Fsp3) is 0.360. The van der Waals surface area contributed by atoms with Crippen molar-refractivity contribution in [2.24, 2.45) is 5.92 Å². The zero-order valence-electron chi connectivity index (χ0n) is 19.6. The third-order valence-electron chi connectivity index (χ3n) is 5.62. The van der Waals surface area contributed by atoms with Crippen molar-refractivity contribution >= 4 is 16.1 Å². The maximum absolute atomic E-state index is 12.3. The molecule has 2 atom stereocenters. The zero-order valence-corrected chi connectivity index (χ0v) is 20.4. The molecule has 0 amide bonds. The van der Waals surface area contributed by atoms with E-state index in [1.807, 2.05) is 50.4 Å². The van der Waals surface area contributed by atoms with Crippen LogP contribution in [0.5, 0.6) is 5.75 Å². The van der Waals surface area contributed by atoms with Crippen molar-refractivity contribution in [2.75, 3.05) is 12.9 Å². The number of hydrogen-bond acceptors (Lipinski definition) is 7. The summed E-state index contributed by atoms with van der Waals surface area (Å²) in [6.45, 7) is 4.43. The van der Waals surface area contributed by atoms with E-state index < -0.39 is 21.7 Å². The normalized spacial score (nSPS) is 14.2. The Bertz CT molecular complexity index is 1150. The summed E-state index contributed by atoms with van der Waals surface area (Å²) < 4.78 is 42.7. The van der Waals surface area contributed by atoms with Crippen LogP contribution in [0.4, 0.5) is 0 Å². The standard InChI is InChI=1S/C25H30N2O6S/c1-4-25(33-34(3,29)30,20(2)17-27-16-8-15-26-27)19-32-23-13-11-22(12-14-23)24(28)31-18-21-9-6-5-7-10-21/h5-16,20H,4,17-19H2,1-3H3/t20?,25-/m1/s1. The molecule has 1 unspecified atom stereocenters. The smallest absolute Gasteiger partial charge is 0.338 e. The maximum atomic E-state index is 12.3. The first kappa shape index (κ1) is 25.5. The number of benzene rings is 2. The molecule has 0 aliphatic rings. The molecule has 1 heterocycles. The fourth-order valence-electron chi connectivity index (χ4n) is 3.61. The molecule has 0 bridgehead atoms. The van der Waals surface area contributed by atoms with E-state index in [0.717, 1.165) is 11.8 Å². The largest absolute Gasteiger partial charge is 0.491 e. The molecule has 0 fully saturated rings. The molecule has 0 N–H and O–H groups in total. The second kappa shape index (κ2) is 11.3. The monoisotopic (exact) mass is 486 g/mol. The van der Waals surface area contributed by atoms with Gasteiger partial charge in [-0.2, -0.15) is 13.5 Å². The number of aromatic nitrogens is 2. The topological polar surface area (TPSA) is 96.7 Å². The minimum absolute atomic E-state index is 0.0107. The molecule has 0 aliphatic carbocycles. The Kier molecular flexibility index (Phi) is 8.46.